The number of amides is 2. The van der Waals surface area contributed by atoms with Crippen LogP contribution < -0.4 is 11.1 Å². The molecule has 0 spiro atoms. The van der Waals surface area contributed by atoms with Crippen molar-refractivity contribution >= 4 is 29.6 Å². The number of rotatable bonds is 8. The highest BCUT2D eigenvalue weighted by atomic mass is 16.5. The van der Waals surface area contributed by atoms with E-state index in [1.807, 2.05) is 0 Å². The Hall–Kier alpha value is -3.36. The molecule has 0 aromatic carbocycles. The number of aryl methyl sites for hydroxylation is 1. The zero-order chi connectivity index (χ0) is 19.7. The molecule has 3 N–H and O–H groups in total. The summed E-state index contributed by atoms with van der Waals surface area (Å²) >= 11 is 0. The Morgan fingerprint density at radius 1 is 1.15 bits per heavy atom. The van der Waals surface area contributed by atoms with Gasteiger partial charge in [-0.2, -0.15) is 0 Å². The van der Waals surface area contributed by atoms with Crippen LogP contribution in [0.5, 0.6) is 0 Å². The van der Waals surface area contributed by atoms with Crippen LogP contribution in [0, 0.1) is 6.92 Å². The summed E-state index contributed by atoms with van der Waals surface area (Å²) in [6.45, 7) is 4.25. The summed E-state index contributed by atoms with van der Waals surface area (Å²) in [4.78, 5) is 46.9. The Balaban J connectivity index is 2.88. The Kier molecular flexibility index (Phi) is 7.81. The number of furan rings is 1. The van der Waals surface area contributed by atoms with Crippen LogP contribution in [0.3, 0.4) is 0 Å². The summed E-state index contributed by atoms with van der Waals surface area (Å²) in [6.07, 6.45) is 5.91. The van der Waals surface area contributed by atoms with Crippen molar-refractivity contribution < 1.29 is 33.1 Å². The number of primary amides is 1. The fraction of sp³-hybridized carbons (Fsp3) is 0.294. The standard InChI is InChI=1S/C17H20N2O7/c1-4-6-7-8-12(21)25-9-11(20)19-16-14(15(18)22)13(10(3)26-16)17(23)24-5-2/h4,6-8H,5,9H2,1-3H3,(H2,18,22)(H,19,20)/b6-4+,8-7+. The van der Waals surface area contributed by atoms with E-state index in [2.05, 4.69) is 5.32 Å². The van der Waals surface area contributed by atoms with Crippen LogP contribution in [0.1, 0.15) is 40.3 Å². The highest BCUT2D eigenvalue weighted by molar-refractivity contribution is 6.10. The second kappa shape index (κ2) is 9.82. The summed E-state index contributed by atoms with van der Waals surface area (Å²) in [5.74, 6) is -3.54. The first-order chi connectivity index (χ1) is 12.3. The van der Waals surface area contributed by atoms with Gasteiger partial charge in [0.25, 0.3) is 11.8 Å². The molecule has 0 saturated heterocycles. The number of carbonyl (C=O) groups is 4. The normalized spacial score (nSPS) is 10.9. The zero-order valence-corrected chi connectivity index (χ0v) is 14.7. The van der Waals surface area contributed by atoms with Crippen molar-refractivity contribution in [2.45, 2.75) is 20.8 Å². The molecule has 0 unspecified atom stereocenters. The first-order valence-corrected chi connectivity index (χ1v) is 7.68. The van der Waals surface area contributed by atoms with E-state index in [1.165, 1.54) is 13.0 Å². The largest absolute Gasteiger partial charge is 0.462 e. The van der Waals surface area contributed by atoms with E-state index in [4.69, 9.17) is 19.6 Å². The Bertz CT molecular complexity index is 759. The van der Waals surface area contributed by atoms with E-state index in [1.54, 1.807) is 26.0 Å². The quantitative estimate of drug-likeness (QED) is 0.405. The molecule has 1 rings (SSSR count). The topological polar surface area (TPSA) is 138 Å². The van der Waals surface area contributed by atoms with Crippen molar-refractivity contribution in [3.63, 3.8) is 0 Å². The van der Waals surface area contributed by atoms with E-state index < -0.39 is 30.4 Å². The lowest BCUT2D eigenvalue weighted by Gasteiger charge is -2.05. The highest BCUT2D eigenvalue weighted by Gasteiger charge is 2.29. The number of carbonyl (C=O) groups excluding carboxylic acids is 4. The van der Waals surface area contributed by atoms with Crippen molar-refractivity contribution in [3.8, 4) is 0 Å². The second-order valence-electron chi connectivity index (χ2n) is 4.86. The van der Waals surface area contributed by atoms with Crippen molar-refractivity contribution in [1.82, 2.24) is 0 Å². The molecule has 9 nitrogen and oxygen atoms in total. The summed E-state index contributed by atoms with van der Waals surface area (Å²) in [5, 5.41) is 2.24. The number of nitrogens with one attached hydrogen (secondary N) is 1. The lowest BCUT2D eigenvalue weighted by molar-refractivity contribution is -0.142. The van der Waals surface area contributed by atoms with Gasteiger partial charge < -0.3 is 19.6 Å². The van der Waals surface area contributed by atoms with Crippen LogP contribution in [0.2, 0.25) is 0 Å². The van der Waals surface area contributed by atoms with E-state index in [0.29, 0.717) is 0 Å². The predicted molar refractivity (Wildman–Crippen MR) is 91.5 cm³/mol. The van der Waals surface area contributed by atoms with E-state index >= 15 is 0 Å². The van der Waals surface area contributed by atoms with Crippen molar-refractivity contribution in [3.05, 3.63) is 41.2 Å². The van der Waals surface area contributed by atoms with Gasteiger partial charge in [-0.1, -0.05) is 18.2 Å². The fourth-order valence-corrected chi connectivity index (χ4v) is 1.91. The summed E-state index contributed by atoms with van der Waals surface area (Å²) in [6, 6.07) is 0. The summed E-state index contributed by atoms with van der Waals surface area (Å²) in [5.41, 5.74) is 4.79. The van der Waals surface area contributed by atoms with Crippen LogP contribution in [-0.4, -0.2) is 37.0 Å². The van der Waals surface area contributed by atoms with Gasteiger partial charge in [0.2, 0.25) is 5.88 Å². The van der Waals surface area contributed by atoms with Gasteiger partial charge in [0.05, 0.1) is 6.61 Å². The van der Waals surface area contributed by atoms with Gasteiger partial charge in [0.1, 0.15) is 16.9 Å². The molecule has 0 aliphatic heterocycles. The van der Waals surface area contributed by atoms with Gasteiger partial charge >= 0.3 is 11.9 Å². The van der Waals surface area contributed by atoms with Crippen molar-refractivity contribution in [1.29, 1.82) is 0 Å². The van der Waals surface area contributed by atoms with E-state index in [9.17, 15) is 19.2 Å². The number of nitrogens with two attached hydrogens (primary N) is 1. The van der Waals surface area contributed by atoms with Gasteiger partial charge in [-0.3, -0.25) is 14.9 Å². The van der Waals surface area contributed by atoms with Crippen LogP contribution in [0.15, 0.2) is 28.7 Å². The lowest BCUT2D eigenvalue weighted by atomic mass is 10.1. The van der Waals surface area contributed by atoms with Gasteiger partial charge in [-0.15, -0.1) is 0 Å². The second-order valence-corrected chi connectivity index (χ2v) is 4.86. The minimum atomic E-state index is -0.980. The van der Waals surface area contributed by atoms with Crippen LogP contribution in [0.4, 0.5) is 5.88 Å². The highest BCUT2D eigenvalue weighted by Crippen LogP contribution is 2.27. The average Bonchev–Trinajstić information content (AvgIpc) is 2.89. The maximum Gasteiger partial charge on any atom is 0.342 e. The lowest BCUT2D eigenvalue weighted by Crippen LogP contribution is -2.23. The zero-order valence-electron chi connectivity index (χ0n) is 14.7. The number of hydrogen-bond donors (Lipinski definition) is 2. The molecule has 1 aromatic heterocycles. The van der Waals surface area contributed by atoms with Gasteiger partial charge in [-0.05, 0) is 20.8 Å². The molecule has 2 amide bonds. The third kappa shape index (κ3) is 5.62. The van der Waals surface area contributed by atoms with Gasteiger partial charge in [0.15, 0.2) is 6.61 Å². The van der Waals surface area contributed by atoms with E-state index in [0.717, 1.165) is 6.08 Å². The molecule has 1 heterocycles. The molecule has 0 bridgehead atoms. The van der Waals surface area contributed by atoms with Crippen LogP contribution >= 0.6 is 0 Å². The molecule has 0 saturated carbocycles. The number of allylic oxidation sites excluding steroid dienone is 3. The molecule has 0 aliphatic rings. The smallest absolute Gasteiger partial charge is 0.342 e. The molecule has 26 heavy (non-hydrogen) atoms. The molecule has 140 valence electrons. The van der Waals surface area contributed by atoms with Gasteiger partial charge in [-0.25, -0.2) is 9.59 Å². The van der Waals surface area contributed by atoms with Gasteiger partial charge in [0, 0.05) is 6.08 Å². The molecular formula is C17H20N2O7. The third-order valence-electron chi connectivity index (χ3n) is 2.94. The fourth-order valence-electron chi connectivity index (χ4n) is 1.91. The number of ether oxygens (including phenoxy) is 2. The average molecular weight is 364 g/mol. The summed E-state index contributed by atoms with van der Waals surface area (Å²) < 4.78 is 14.8. The van der Waals surface area contributed by atoms with Crippen molar-refractivity contribution in [2.24, 2.45) is 5.73 Å². The van der Waals surface area contributed by atoms with Crippen molar-refractivity contribution in [2.75, 3.05) is 18.5 Å². The first-order valence-electron chi connectivity index (χ1n) is 7.68. The SMILES string of the molecule is C/C=C/C=C/C(=O)OCC(=O)Nc1oc(C)c(C(=O)OCC)c1C(N)=O. The molecule has 9 heteroatoms. The Morgan fingerprint density at radius 2 is 1.85 bits per heavy atom. The molecule has 0 atom stereocenters. The maximum absolute atomic E-state index is 11.9. The molecular weight excluding hydrogens is 344 g/mol. The van der Waals surface area contributed by atoms with Crippen LogP contribution in [0.25, 0.3) is 0 Å². The molecule has 0 aliphatic carbocycles. The summed E-state index contributed by atoms with van der Waals surface area (Å²) in [7, 11) is 0. The minimum absolute atomic E-state index is 0.0545. The molecule has 0 fully saturated rings. The number of hydrogen-bond acceptors (Lipinski definition) is 7. The molecule has 0 radical (unpaired) electrons. The third-order valence-corrected chi connectivity index (χ3v) is 2.94. The maximum atomic E-state index is 11.9. The monoisotopic (exact) mass is 364 g/mol. The predicted octanol–water partition coefficient (Wildman–Crippen LogP) is 1.48. The first kappa shape index (κ1) is 20.7. The van der Waals surface area contributed by atoms with E-state index in [-0.39, 0.29) is 29.4 Å². The Labute approximate surface area is 149 Å². The number of anilines is 1. The minimum Gasteiger partial charge on any atom is -0.462 e. The number of esters is 2. The Morgan fingerprint density at radius 3 is 2.42 bits per heavy atom. The molecule has 1 aromatic rings. The van der Waals surface area contributed by atoms with Crippen LogP contribution in [-0.2, 0) is 19.1 Å².